The first-order chi connectivity index (χ1) is 15.4. The first-order valence-electron chi connectivity index (χ1n) is 11.7. The van der Waals surface area contributed by atoms with Crippen LogP contribution in [-0.4, -0.2) is 24.5 Å². The van der Waals surface area contributed by atoms with Crippen LogP contribution in [0.1, 0.15) is 68.1 Å². The minimum atomic E-state index is -3.25. The van der Waals surface area contributed by atoms with Gasteiger partial charge in [-0.25, -0.2) is 8.42 Å². The number of sulfone groups is 1. The van der Waals surface area contributed by atoms with E-state index in [0.717, 1.165) is 60.3 Å². The van der Waals surface area contributed by atoms with E-state index in [1.807, 2.05) is 12.1 Å². The van der Waals surface area contributed by atoms with Crippen molar-refractivity contribution in [1.29, 1.82) is 0 Å². The molecular weight excluding hydrogens is 436 g/mol. The largest absolute Gasteiger partial charge is 0.282 e. The quantitative estimate of drug-likeness (QED) is 0.517. The smallest absolute Gasteiger partial charge is 0.221 e. The molecule has 0 unspecified atom stereocenters. The maximum atomic E-state index is 13.3. The van der Waals surface area contributed by atoms with E-state index in [9.17, 15) is 13.2 Å². The molecule has 5 rings (SSSR count). The number of hydrogen-bond acceptors (Lipinski definition) is 4. The van der Waals surface area contributed by atoms with Gasteiger partial charge >= 0.3 is 0 Å². The van der Waals surface area contributed by atoms with Crippen molar-refractivity contribution in [3.63, 3.8) is 0 Å². The summed E-state index contributed by atoms with van der Waals surface area (Å²) in [4.78, 5) is 13.6. The zero-order valence-corrected chi connectivity index (χ0v) is 20.2. The number of carbonyl (C=O) groups is 1. The summed E-state index contributed by atoms with van der Waals surface area (Å²) in [5, 5.41) is 0.151. The van der Waals surface area contributed by atoms with E-state index in [1.165, 1.54) is 49.3 Å². The standard InChI is InChI=1S/C27H30O3S2/c1-32(29,30)23-14-12-22(13-15-23)25-24(26(28)31-27(25)16-4-5-17-27)21-10-8-20(9-11-21)18-19-6-2-3-7-19/h8-15,19H,2-7,16-18H2,1H3. The zero-order chi connectivity index (χ0) is 22.3. The van der Waals surface area contributed by atoms with E-state index in [0.29, 0.717) is 4.90 Å². The molecule has 0 saturated heterocycles. The van der Waals surface area contributed by atoms with Crippen molar-refractivity contribution in [2.75, 3.05) is 6.26 Å². The van der Waals surface area contributed by atoms with Crippen molar-refractivity contribution in [1.82, 2.24) is 0 Å². The molecule has 3 nitrogen and oxygen atoms in total. The van der Waals surface area contributed by atoms with Gasteiger partial charge in [0.2, 0.25) is 5.12 Å². The third kappa shape index (κ3) is 4.10. The highest BCUT2D eigenvalue weighted by Gasteiger charge is 2.48. The summed E-state index contributed by atoms with van der Waals surface area (Å²) in [6.45, 7) is 0. The van der Waals surface area contributed by atoms with Gasteiger partial charge in [-0.05, 0) is 59.6 Å². The van der Waals surface area contributed by atoms with Crippen LogP contribution in [0, 0.1) is 5.92 Å². The number of thioether (sulfide) groups is 1. The number of carbonyl (C=O) groups excluding carboxylic acids is 1. The van der Waals surface area contributed by atoms with Gasteiger partial charge in [0.05, 0.1) is 9.64 Å². The molecule has 0 bridgehead atoms. The Kier molecular flexibility index (Phi) is 5.83. The van der Waals surface area contributed by atoms with Crippen molar-refractivity contribution in [3.05, 3.63) is 65.2 Å². The lowest BCUT2D eigenvalue weighted by molar-refractivity contribution is -0.106. The van der Waals surface area contributed by atoms with Crippen LogP contribution >= 0.6 is 11.8 Å². The summed E-state index contributed by atoms with van der Waals surface area (Å²) < 4.78 is 23.7. The topological polar surface area (TPSA) is 51.2 Å². The van der Waals surface area contributed by atoms with Gasteiger partial charge in [-0.2, -0.15) is 0 Å². The third-order valence-electron chi connectivity index (χ3n) is 7.42. The van der Waals surface area contributed by atoms with Crippen LogP contribution in [0.5, 0.6) is 0 Å². The molecule has 2 saturated carbocycles. The molecule has 32 heavy (non-hydrogen) atoms. The lowest BCUT2D eigenvalue weighted by Crippen LogP contribution is -2.19. The molecule has 0 atom stereocenters. The zero-order valence-electron chi connectivity index (χ0n) is 18.6. The van der Waals surface area contributed by atoms with Crippen molar-refractivity contribution < 1.29 is 13.2 Å². The van der Waals surface area contributed by atoms with Gasteiger partial charge < -0.3 is 0 Å². The van der Waals surface area contributed by atoms with Gasteiger partial charge in [-0.15, -0.1) is 0 Å². The Morgan fingerprint density at radius 3 is 2.06 bits per heavy atom. The molecule has 0 aromatic heterocycles. The van der Waals surface area contributed by atoms with E-state index in [2.05, 4.69) is 24.3 Å². The van der Waals surface area contributed by atoms with Crippen LogP contribution < -0.4 is 0 Å². The summed E-state index contributed by atoms with van der Waals surface area (Å²) >= 11 is 1.49. The predicted molar refractivity (Wildman–Crippen MR) is 132 cm³/mol. The molecular formula is C27H30O3S2. The Morgan fingerprint density at radius 1 is 0.875 bits per heavy atom. The second kappa shape index (κ2) is 8.49. The average Bonchev–Trinajstić information content (AvgIpc) is 3.50. The van der Waals surface area contributed by atoms with Crippen molar-refractivity contribution in [2.45, 2.75) is 67.4 Å². The summed E-state index contributed by atoms with van der Waals surface area (Å²) in [6, 6.07) is 15.8. The van der Waals surface area contributed by atoms with Gasteiger partial charge in [0.1, 0.15) is 0 Å². The maximum absolute atomic E-state index is 13.3. The van der Waals surface area contributed by atoms with Crippen LogP contribution in [0.2, 0.25) is 0 Å². The van der Waals surface area contributed by atoms with E-state index in [4.69, 9.17) is 0 Å². The normalized spacial score (nSPS) is 21.2. The molecule has 0 amide bonds. The Hall–Kier alpha value is -1.85. The molecule has 2 aromatic rings. The lowest BCUT2D eigenvalue weighted by atomic mass is 9.84. The highest BCUT2D eigenvalue weighted by Crippen LogP contribution is 2.59. The van der Waals surface area contributed by atoms with Crippen LogP contribution in [0.3, 0.4) is 0 Å². The Labute approximate surface area is 195 Å². The van der Waals surface area contributed by atoms with Crippen molar-refractivity contribution in [2.24, 2.45) is 5.92 Å². The second-order valence-electron chi connectivity index (χ2n) is 9.69. The summed E-state index contributed by atoms with van der Waals surface area (Å²) in [5.41, 5.74) is 5.24. The molecule has 3 aliphatic rings. The molecule has 168 valence electrons. The monoisotopic (exact) mass is 466 g/mol. The number of hydrogen-bond donors (Lipinski definition) is 0. The molecule has 5 heteroatoms. The summed E-state index contributed by atoms with van der Waals surface area (Å²) in [7, 11) is -3.25. The Balaban J connectivity index is 1.55. The van der Waals surface area contributed by atoms with Crippen LogP contribution in [0.4, 0.5) is 0 Å². The van der Waals surface area contributed by atoms with Gasteiger partial charge in [0.25, 0.3) is 0 Å². The molecule has 1 heterocycles. The first kappa shape index (κ1) is 22.0. The van der Waals surface area contributed by atoms with Gasteiger partial charge in [-0.3, -0.25) is 4.79 Å². The van der Waals surface area contributed by atoms with Gasteiger partial charge in [0.15, 0.2) is 9.84 Å². The number of rotatable bonds is 5. The fourth-order valence-corrected chi connectivity index (χ4v) is 7.92. The molecule has 0 radical (unpaired) electrons. The molecule has 1 spiro atoms. The van der Waals surface area contributed by atoms with Crippen molar-refractivity contribution >= 4 is 37.9 Å². The summed E-state index contributed by atoms with van der Waals surface area (Å²) in [6.07, 6.45) is 12.0. The first-order valence-corrected chi connectivity index (χ1v) is 14.4. The van der Waals surface area contributed by atoms with Crippen LogP contribution in [0.15, 0.2) is 53.4 Å². The van der Waals surface area contributed by atoms with E-state index in [1.54, 1.807) is 12.1 Å². The maximum Gasteiger partial charge on any atom is 0.221 e. The minimum absolute atomic E-state index is 0.151. The molecule has 2 aromatic carbocycles. The van der Waals surface area contributed by atoms with E-state index >= 15 is 0 Å². The Morgan fingerprint density at radius 2 is 1.47 bits per heavy atom. The molecule has 0 N–H and O–H groups in total. The fraction of sp³-hybridized carbons (Fsp3) is 0.444. The SMILES string of the molecule is CS(=O)(=O)c1ccc(C2=C(c3ccc(CC4CCCC4)cc3)C(=O)SC23CCCC3)cc1. The highest BCUT2D eigenvalue weighted by molar-refractivity contribution is 8.17. The van der Waals surface area contributed by atoms with Gasteiger partial charge in [-0.1, -0.05) is 86.7 Å². The van der Waals surface area contributed by atoms with E-state index < -0.39 is 9.84 Å². The summed E-state index contributed by atoms with van der Waals surface area (Å²) in [5.74, 6) is 0.800. The van der Waals surface area contributed by atoms with Crippen LogP contribution in [-0.2, 0) is 21.1 Å². The van der Waals surface area contributed by atoms with E-state index in [-0.39, 0.29) is 9.86 Å². The Bertz CT molecular complexity index is 1150. The molecule has 1 aliphatic heterocycles. The fourth-order valence-electron chi connectivity index (χ4n) is 5.80. The minimum Gasteiger partial charge on any atom is -0.282 e. The molecule has 2 fully saturated rings. The van der Waals surface area contributed by atoms with Crippen molar-refractivity contribution in [3.8, 4) is 0 Å². The second-order valence-corrected chi connectivity index (χ2v) is 13.1. The third-order valence-corrected chi connectivity index (χ3v) is 9.94. The lowest BCUT2D eigenvalue weighted by Gasteiger charge is -2.26. The predicted octanol–water partition coefficient (Wildman–Crippen LogP) is 6.32. The van der Waals surface area contributed by atoms with Gasteiger partial charge in [0, 0.05) is 11.8 Å². The average molecular weight is 467 g/mol. The molecule has 2 aliphatic carbocycles. The van der Waals surface area contributed by atoms with Crippen LogP contribution in [0.25, 0.3) is 11.1 Å². The highest BCUT2D eigenvalue weighted by atomic mass is 32.2. The number of benzene rings is 2.